The quantitative estimate of drug-likeness (QED) is 0.212. The summed E-state index contributed by atoms with van der Waals surface area (Å²) in [6.07, 6.45) is 0.870. The molecule has 244 valence electrons. The van der Waals surface area contributed by atoms with Gasteiger partial charge in [-0.15, -0.1) is 0 Å². The van der Waals surface area contributed by atoms with Crippen molar-refractivity contribution in [1.29, 1.82) is 0 Å². The van der Waals surface area contributed by atoms with E-state index >= 15 is 0 Å². The number of anilines is 1. The number of carboxylic acids is 1. The van der Waals surface area contributed by atoms with Gasteiger partial charge in [0.05, 0.1) is 23.3 Å². The molecule has 45 heavy (non-hydrogen) atoms. The van der Waals surface area contributed by atoms with Crippen molar-refractivity contribution in [3.8, 4) is 17.0 Å². The fourth-order valence-electron chi connectivity index (χ4n) is 5.01. The van der Waals surface area contributed by atoms with Crippen molar-refractivity contribution in [2.24, 2.45) is 5.41 Å². The highest BCUT2D eigenvalue weighted by Gasteiger charge is 2.27. The normalized spacial score (nSPS) is 12.7. The van der Waals surface area contributed by atoms with Gasteiger partial charge in [0.15, 0.2) is 5.75 Å². The molecule has 0 aliphatic carbocycles. The van der Waals surface area contributed by atoms with Gasteiger partial charge in [-0.2, -0.15) is 0 Å². The van der Waals surface area contributed by atoms with Crippen LogP contribution in [-0.4, -0.2) is 54.3 Å². The lowest BCUT2D eigenvalue weighted by atomic mass is 9.86. The zero-order valence-corrected chi connectivity index (χ0v) is 28.3. The van der Waals surface area contributed by atoms with E-state index in [9.17, 15) is 23.1 Å². The van der Waals surface area contributed by atoms with E-state index in [0.717, 1.165) is 22.8 Å². The number of nitrogens with zero attached hydrogens (tertiary/aromatic N) is 2. The van der Waals surface area contributed by atoms with Crippen molar-refractivity contribution >= 4 is 28.0 Å². The van der Waals surface area contributed by atoms with Gasteiger partial charge < -0.3 is 19.9 Å². The first kappa shape index (κ1) is 35.3. The van der Waals surface area contributed by atoms with E-state index in [4.69, 9.17) is 9.47 Å². The van der Waals surface area contributed by atoms with Crippen LogP contribution in [0.1, 0.15) is 81.6 Å². The Morgan fingerprint density at radius 1 is 0.978 bits per heavy atom. The van der Waals surface area contributed by atoms with Gasteiger partial charge in [-0.25, -0.2) is 32.7 Å². The van der Waals surface area contributed by atoms with E-state index in [0.29, 0.717) is 36.4 Å². The fraction of sp³-hybridized carbons (Fsp3) is 0.455. The molecule has 0 aliphatic rings. The topological polar surface area (TPSA) is 157 Å². The van der Waals surface area contributed by atoms with Gasteiger partial charge in [0.25, 0.3) is 10.0 Å². The number of hydrogen-bond acceptors (Lipinski definition) is 8. The second-order valence-electron chi connectivity index (χ2n) is 13.2. The smallest absolute Gasteiger partial charge is 0.407 e. The highest BCUT2D eigenvalue weighted by Crippen LogP contribution is 2.37. The predicted octanol–water partition coefficient (Wildman–Crippen LogP) is 6.53. The molecule has 3 aromatic rings. The second kappa shape index (κ2) is 13.8. The van der Waals surface area contributed by atoms with E-state index in [1.165, 1.54) is 25.3 Å². The number of carboxylic acid groups (broad SMARTS) is 1. The first-order chi connectivity index (χ1) is 20.8. The Bertz CT molecular complexity index is 1640. The number of alkyl carbamates (subject to hydrolysis) is 1. The number of ether oxygens (including phenoxy) is 2. The van der Waals surface area contributed by atoms with Gasteiger partial charge in [0, 0.05) is 11.6 Å². The Kier molecular flexibility index (Phi) is 10.9. The first-order valence-corrected chi connectivity index (χ1v) is 16.1. The molecule has 3 N–H and O–H groups in total. The van der Waals surface area contributed by atoms with Crippen LogP contribution in [0, 0.1) is 19.3 Å². The van der Waals surface area contributed by atoms with Gasteiger partial charge in [-0.3, -0.25) is 0 Å². The number of benzene rings is 2. The molecule has 1 heterocycles. The average molecular weight is 641 g/mol. The van der Waals surface area contributed by atoms with Gasteiger partial charge >= 0.3 is 12.1 Å². The molecule has 0 saturated carbocycles. The number of hydrogen-bond donors (Lipinski definition) is 3. The zero-order valence-electron chi connectivity index (χ0n) is 27.4. The maximum Gasteiger partial charge on any atom is 0.407 e. The number of amides is 1. The minimum atomic E-state index is -4.27. The van der Waals surface area contributed by atoms with Crippen molar-refractivity contribution in [3.63, 3.8) is 0 Å². The highest BCUT2D eigenvalue weighted by molar-refractivity contribution is 7.92. The minimum Gasteiger partial charge on any atom is -0.493 e. The lowest BCUT2D eigenvalue weighted by Crippen LogP contribution is -2.41. The monoisotopic (exact) mass is 640 g/mol. The van der Waals surface area contributed by atoms with Crippen LogP contribution in [0.3, 0.4) is 0 Å². The van der Waals surface area contributed by atoms with Crippen LogP contribution < -0.4 is 14.8 Å². The molecule has 11 nitrogen and oxygen atoms in total. The Balaban J connectivity index is 2.10. The van der Waals surface area contributed by atoms with Crippen LogP contribution in [0.4, 0.5) is 10.7 Å². The van der Waals surface area contributed by atoms with E-state index in [1.54, 1.807) is 20.8 Å². The van der Waals surface area contributed by atoms with Gasteiger partial charge in [0.1, 0.15) is 11.3 Å². The van der Waals surface area contributed by atoms with E-state index in [-0.39, 0.29) is 27.9 Å². The lowest BCUT2D eigenvalue weighted by Gasteiger charge is -2.28. The Morgan fingerprint density at radius 2 is 1.60 bits per heavy atom. The number of carbonyl (C=O) groups is 2. The van der Waals surface area contributed by atoms with Crippen LogP contribution in [0.15, 0.2) is 47.4 Å². The molecule has 0 saturated heterocycles. The Hall–Kier alpha value is -4.19. The summed E-state index contributed by atoms with van der Waals surface area (Å²) in [5.41, 5.74) is 2.45. The third-order valence-electron chi connectivity index (χ3n) is 6.78. The maximum atomic E-state index is 13.4. The molecule has 0 aliphatic heterocycles. The summed E-state index contributed by atoms with van der Waals surface area (Å²) in [5, 5.41) is 12.4. The minimum absolute atomic E-state index is 0.121. The van der Waals surface area contributed by atoms with Crippen LogP contribution in [0.25, 0.3) is 11.3 Å². The number of aryl methyl sites for hydroxylation is 3. The van der Waals surface area contributed by atoms with Gasteiger partial charge in [-0.1, -0.05) is 45.0 Å². The molecule has 1 atom stereocenters. The van der Waals surface area contributed by atoms with Gasteiger partial charge in [0.2, 0.25) is 5.95 Å². The first-order valence-electron chi connectivity index (χ1n) is 14.7. The third-order valence-corrected chi connectivity index (χ3v) is 8.11. The summed E-state index contributed by atoms with van der Waals surface area (Å²) in [5.74, 6) is -1.07. The van der Waals surface area contributed by atoms with Crippen molar-refractivity contribution in [3.05, 3.63) is 64.8 Å². The van der Waals surface area contributed by atoms with Crippen molar-refractivity contribution in [1.82, 2.24) is 15.3 Å². The molecule has 1 amide bonds. The average Bonchev–Trinajstić information content (AvgIpc) is 2.89. The molecular weight excluding hydrogens is 596 g/mol. The molecular formula is C33H44N4O7S. The van der Waals surface area contributed by atoms with E-state index in [2.05, 4.69) is 40.8 Å². The number of rotatable bonds is 11. The number of methoxy groups -OCH3 is 1. The predicted molar refractivity (Wildman–Crippen MR) is 173 cm³/mol. The molecule has 0 fully saturated rings. The van der Waals surface area contributed by atoms with Crippen LogP contribution in [-0.2, 0) is 21.2 Å². The third kappa shape index (κ3) is 9.90. The molecule has 1 unspecified atom stereocenters. The number of sulfonamides is 1. The summed E-state index contributed by atoms with van der Waals surface area (Å²) in [7, 11) is -2.76. The van der Waals surface area contributed by atoms with E-state index < -0.39 is 27.7 Å². The SMILES string of the molecule is COc1c(CCC(CC(C)(C)C)NC(=O)OC(C)(C)C)nc(NS(=O)(=O)c2cccc(C(=O)O)c2)nc1-c1c(C)cccc1C. The van der Waals surface area contributed by atoms with Crippen LogP contribution >= 0.6 is 0 Å². The van der Waals surface area contributed by atoms with Crippen molar-refractivity contribution in [2.75, 3.05) is 11.8 Å². The number of aromatic nitrogens is 2. The molecule has 0 spiro atoms. The summed E-state index contributed by atoms with van der Waals surface area (Å²) < 4.78 is 40.6. The number of carbonyl (C=O) groups excluding carboxylic acids is 1. The molecule has 2 aromatic carbocycles. The summed E-state index contributed by atoms with van der Waals surface area (Å²) in [4.78, 5) is 33.1. The maximum absolute atomic E-state index is 13.4. The molecule has 0 bridgehead atoms. The molecule has 1 aromatic heterocycles. The van der Waals surface area contributed by atoms with Crippen molar-refractivity contribution in [2.45, 2.75) is 91.2 Å². The largest absolute Gasteiger partial charge is 0.493 e. The number of aromatic carboxylic acids is 1. The van der Waals surface area contributed by atoms with Crippen LogP contribution in [0.2, 0.25) is 0 Å². The zero-order chi connectivity index (χ0) is 33.7. The van der Waals surface area contributed by atoms with E-state index in [1.807, 2.05) is 32.0 Å². The molecule has 0 radical (unpaired) electrons. The Morgan fingerprint density at radius 3 is 2.16 bits per heavy atom. The molecule has 3 rings (SSSR count). The fourth-order valence-corrected chi connectivity index (χ4v) is 6.00. The molecule has 12 heteroatoms. The van der Waals surface area contributed by atoms with Gasteiger partial charge in [-0.05, 0) is 88.6 Å². The lowest BCUT2D eigenvalue weighted by molar-refractivity contribution is 0.0489. The second-order valence-corrected chi connectivity index (χ2v) is 14.9. The van der Waals surface area contributed by atoms with Crippen LogP contribution in [0.5, 0.6) is 5.75 Å². The summed E-state index contributed by atoms with van der Waals surface area (Å²) >= 11 is 0. The number of nitrogens with one attached hydrogen (secondary N) is 2. The van der Waals surface area contributed by atoms with Crippen molar-refractivity contribution < 1.29 is 32.6 Å². The standard InChI is InChI=1S/C33H44N4O7S/c1-20-12-10-13-21(2)26(20)27-28(43-9)25(17-16-23(19-32(3,4)5)34-31(40)44-33(6,7)8)35-30(36-27)37-45(41,42)24-15-11-14-22(18-24)29(38)39/h10-15,18,23H,16-17,19H2,1-9H3,(H,34,40)(H,38,39)(H,35,36,37). The summed E-state index contributed by atoms with van der Waals surface area (Å²) in [6, 6.07) is 10.5. The highest BCUT2D eigenvalue weighted by atomic mass is 32.2. The summed E-state index contributed by atoms with van der Waals surface area (Å²) in [6.45, 7) is 15.5. The Labute approximate surface area is 265 Å².